The summed E-state index contributed by atoms with van der Waals surface area (Å²) in [5.74, 6) is 2.40. The summed E-state index contributed by atoms with van der Waals surface area (Å²) < 4.78 is 36.5. The predicted octanol–water partition coefficient (Wildman–Crippen LogP) is 13.7. The molecule has 4 rings (SSSR count). The fourth-order valence-corrected chi connectivity index (χ4v) is 13.4. The van der Waals surface area contributed by atoms with Crippen molar-refractivity contribution in [3.8, 4) is 0 Å². The average Bonchev–Trinajstić information content (AvgIpc) is 3.59. The van der Waals surface area contributed by atoms with Crippen molar-refractivity contribution in [2.75, 3.05) is 40.9 Å². The molecule has 0 aliphatic heterocycles. The van der Waals surface area contributed by atoms with E-state index in [1.165, 1.54) is 89.0 Å². The number of rotatable bonds is 32. The number of hydrogen-bond donors (Lipinski definition) is 2. The van der Waals surface area contributed by atoms with E-state index in [9.17, 15) is 24.2 Å². The summed E-state index contributed by atoms with van der Waals surface area (Å²) in [6.07, 6.45) is 31.2. The number of esters is 1. The molecule has 0 radical (unpaired) electrons. The molecule has 0 aromatic carbocycles. The third-order valence-electron chi connectivity index (χ3n) is 16.5. The number of likely N-dealkylation sites (N-methyl/N-ethyl adjacent to an activating group) is 1. The molecule has 11 heteroatoms. The van der Waals surface area contributed by atoms with Gasteiger partial charge in [-0.15, -0.1) is 0 Å². The Bertz CT molecular complexity index is 1540. The van der Waals surface area contributed by atoms with Crippen LogP contribution in [0, 0.1) is 46.3 Å². The van der Waals surface area contributed by atoms with Crippen LogP contribution in [0.15, 0.2) is 23.8 Å². The highest BCUT2D eigenvalue weighted by atomic mass is 31.2. The SMILES string of the molecule is CCCCCCCCC=CCCCCCCCC(=O)OC(C(=O)O)[C@H](COP(=O)(O)OCC[N+](C)(C)C)OC1CC[C@@]2(C)C(=CCC3C2CC[C@@]2(C)C3CC[C@@H]2[C@H](C)CCCC(C)C)C1. The molecule has 4 aliphatic carbocycles. The second-order valence-electron chi connectivity index (χ2n) is 23.0. The van der Waals surface area contributed by atoms with Crippen molar-refractivity contribution in [3.63, 3.8) is 0 Å². The lowest BCUT2D eigenvalue weighted by molar-refractivity contribution is -0.870. The number of aliphatic carboxylic acids is 1. The third kappa shape index (κ3) is 17.7. The van der Waals surface area contributed by atoms with Gasteiger partial charge in [-0.05, 0) is 130 Å². The number of quaternary nitrogens is 1. The predicted molar refractivity (Wildman–Crippen MR) is 263 cm³/mol. The molecule has 0 amide bonds. The number of allylic oxidation sites excluding steroid dienone is 3. The quantitative estimate of drug-likeness (QED) is 0.0223. The van der Waals surface area contributed by atoms with Crippen LogP contribution < -0.4 is 0 Å². The molecule has 0 saturated heterocycles. The van der Waals surface area contributed by atoms with Gasteiger partial charge in [0.1, 0.15) is 19.3 Å². The minimum atomic E-state index is -4.56. The van der Waals surface area contributed by atoms with Crippen molar-refractivity contribution in [2.45, 2.75) is 220 Å². The molecule has 4 aliphatic rings. The molecule has 0 bridgehead atoms. The molecular weight excluding hydrogens is 838 g/mol. The van der Waals surface area contributed by atoms with Gasteiger partial charge in [0.2, 0.25) is 6.10 Å². The Morgan fingerprint density at radius 2 is 1.51 bits per heavy atom. The van der Waals surface area contributed by atoms with E-state index in [-0.39, 0.29) is 24.5 Å². The lowest BCUT2D eigenvalue weighted by Crippen LogP contribution is -2.51. The zero-order valence-electron chi connectivity index (χ0n) is 42.9. The number of carboxylic acids is 1. The maximum atomic E-state index is 13.2. The Kier molecular flexibility index (Phi) is 23.3. The second-order valence-corrected chi connectivity index (χ2v) is 24.5. The molecule has 2 N–H and O–H groups in total. The Labute approximate surface area is 397 Å². The zero-order chi connectivity index (χ0) is 47.7. The molecule has 65 heavy (non-hydrogen) atoms. The summed E-state index contributed by atoms with van der Waals surface area (Å²) in [6, 6.07) is 0. The van der Waals surface area contributed by atoms with Crippen LogP contribution in [-0.2, 0) is 32.7 Å². The van der Waals surface area contributed by atoms with Gasteiger partial charge in [-0.1, -0.05) is 136 Å². The van der Waals surface area contributed by atoms with Gasteiger partial charge in [0, 0.05) is 6.42 Å². The van der Waals surface area contributed by atoms with E-state index in [0.29, 0.717) is 41.1 Å². The fourth-order valence-electron chi connectivity index (χ4n) is 12.7. The number of fused-ring (bicyclic) bond motifs is 5. The molecule has 376 valence electrons. The second kappa shape index (κ2) is 27.0. The van der Waals surface area contributed by atoms with Gasteiger partial charge in [0.15, 0.2) is 0 Å². The van der Waals surface area contributed by atoms with E-state index in [1.54, 1.807) is 0 Å². The minimum Gasteiger partial charge on any atom is -0.478 e. The molecule has 11 atom stereocenters. The maximum Gasteiger partial charge on any atom is 0.472 e. The lowest BCUT2D eigenvalue weighted by Gasteiger charge is -2.58. The van der Waals surface area contributed by atoms with Crippen molar-refractivity contribution < 1.29 is 47.2 Å². The summed E-state index contributed by atoms with van der Waals surface area (Å²) >= 11 is 0. The zero-order valence-corrected chi connectivity index (χ0v) is 43.8. The van der Waals surface area contributed by atoms with Crippen molar-refractivity contribution in [1.82, 2.24) is 0 Å². The highest BCUT2D eigenvalue weighted by Gasteiger charge is 2.59. The normalized spacial score (nSPS) is 29.1. The van der Waals surface area contributed by atoms with Crippen LogP contribution in [0.3, 0.4) is 0 Å². The van der Waals surface area contributed by atoms with Gasteiger partial charge in [-0.3, -0.25) is 13.8 Å². The van der Waals surface area contributed by atoms with E-state index >= 15 is 0 Å². The van der Waals surface area contributed by atoms with Gasteiger partial charge in [-0.25, -0.2) is 9.36 Å². The first kappa shape index (κ1) is 56.0. The molecule has 0 aromatic rings. The Hall–Kier alpha value is -1.55. The summed E-state index contributed by atoms with van der Waals surface area (Å²) in [7, 11) is 1.28. The summed E-state index contributed by atoms with van der Waals surface area (Å²) in [6.45, 7) is 14.4. The van der Waals surface area contributed by atoms with Crippen LogP contribution in [-0.4, -0.2) is 85.6 Å². The van der Waals surface area contributed by atoms with Gasteiger partial charge in [-0.2, -0.15) is 0 Å². The first-order valence-electron chi connectivity index (χ1n) is 26.6. The first-order chi connectivity index (χ1) is 30.8. The number of carbonyl (C=O) groups excluding carboxylic acids is 1. The highest BCUT2D eigenvalue weighted by Crippen LogP contribution is 2.67. The van der Waals surface area contributed by atoms with E-state index in [1.807, 2.05) is 21.1 Å². The molecule has 0 spiro atoms. The Morgan fingerprint density at radius 1 is 0.846 bits per heavy atom. The topological polar surface area (TPSA) is 129 Å². The molecule has 3 fully saturated rings. The lowest BCUT2D eigenvalue weighted by atomic mass is 9.47. The largest absolute Gasteiger partial charge is 0.478 e. The van der Waals surface area contributed by atoms with E-state index in [2.05, 4.69) is 59.8 Å². The number of unbranched alkanes of at least 4 members (excludes halogenated alkanes) is 11. The maximum absolute atomic E-state index is 13.2. The number of nitrogens with zero attached hydrogens (tertiary/aromatic N) is 1. The van der Waals surface area contributed by atoms with Crippen LogP contribution in [0.2, 0.25) is 0 Å². The molecule has 3 saturated carbocycles. The number of phosphoric acid groups is 1. The number of ether oxygens (including phenoxy) is 2. The van der Waals surface area contributed by atoms with Gasteiger partial charge in [0.05, 0.1) is 33.9 Å². The summed E-state index contributed by atoms with van der Waals surface area (Å²) in [4.78, 5) is 36.7. The van der Waals surface area contributed by atoms with E-state index in [4.69, 9.17) is 18.5 Å². The first-order valence-corrected chi connectivity index (χ1v) is 28.1. The molecule has 0 aromatic heterocycles. The number of carboxylic acid groups (broad SMARTS) is 1. The standard InChI is InChI=1S/C54H96NO9P/c1-10-11-12-13-14-15-16-17-18-19-20-21-22-23-24-28-50(56)64-51(52(57)58)49(40-62-65(59,60)61-38-37-55(7,8)9)63-44-33-35-53(5)43(39-44)29-30-45-47-32-31-46(42(4)27-25-26-41(2)3)54(47,6)36-34-48(45)53/h17-18,29,41-42,44-49,51H,10-16,19-28,30-40H2,1-9H3,(H-,57,58,59,60)/p+1/t42-,44?,45?,46-,47?,48?,49+,51?,53+,54-/m1/s1. The van der Waals surface area contributed by atoms with Crippen LogP contribution in [0.4, 0.5) is 0 Å². The monoisotopic (exact) mass is 935 g/mol. The van der Waals surface area contributed by atoms with Crippen LogP contribution >= 0.6 is 7.82 Å². The van der Waals surface area contributed by atoms with Gasteiger partial charge < -0.3 is 24.0 Å². The van der Waals surface area contributed by atoms with Crippen molar-refractivity contribution in [3.05, 3.63) is 23.8 Å². The average molecular weight is 935 g/mol. The number of hydrogen-bond acceptors (Lipinski definition) is 7. The van der Waals surface area contributed by atoms with Crippen molar-refractivity contribution in [2.24, 2.45) is 46.3 Å². The molecular formula is C54H97NO9P+. The van der Waals surface area contributed by atoms with Gasteiger partial charge in [0.25, 0.3) is 0 Å². The van der Waals surface area contributed by atoms with Crippen molar-refractivity contribution >= 4 is 19.8 Å². The van der Waals surface area contributed by atoms with Gasteiger partial charge >= 0.3 is 19.8 Å². The van der Waals surface area contributed by atoms with E-state index < -0.39 is 38.6 Å². The molecule has 0 heterocycles. The fraction of sp³-hybridized carbons (Fsp3) is 0.889. The van der Waals surface area contributed by atoms with E-state index in [0.717, 1.165) is 81.5 Å². The number of carbonyl (C=O) groups is 2. The van der Waals surface area contributed by atoms with Crippen molar-refractivity contribution in [1.29, 1.82) is 0 Å². The molecule has 6 unspecified atom stereocenters. The highest BCUT2D eigenvalue weighted by molar-refractivity contribution is 7.47. The number of phosphoric ester groups is 1. The smallest absolute Gasteiger partial charge is 0.472 e. The third-order valence-corrected chi connectivity index (χ3v) is 17.5. The minimum absolute atomic E-state index is 0.0222. The van der Waals surface area contributed by atoms with Crippen LogP contribution in [0.5, 0.6) is 0 Å². The Morgan fingerprint density at radius 3 is 2.15 bits per heavy atom. The summed E-state index contributed by atoms with van der Waals surface area (Å²) in [5, 5.41) is 10.5. The van der Waals surface area contributed by atoms with Crippen LogP contribution in [0.1, 0.15) is 202 Å². The molecule has 10 nitrogen and oxygen atoms in total. The van der Waals surface area contributed by atoms with Crippen LogP contribution in [0.25, 0.3) is 0 Å². The Balaban J connectivity index is 1.34. The summed E-state index contributed by atoms with van der Waals surface area (Å²) in [5.41, 5.74) is 1.85.